The number of H-pyrrole nitrogens is 1. The van der Waals surface area contributed by atoms with E-state index in [0.29, 0.717) is 22.5 Å². The molecule has 0 aliphatic rings. The summed E-state index contributed by atoms with van der Waals surface area (Å²) in [5.41, 5.74) is 0.993. The van der Waals surface area contributed by atoms with Gasteiger partial charge < -0.3 is 10.3 Å². The number of nitrogens with one attached hydrogen (secondary N) is 2. The highest BCUT2D eigenvalue weighted by Gasteiger charge is 2.22. The normalized spacial score (nSPS) is 12.4. The maximum Gasteiger partial charge on any atom is 0.266 e. The molecule has 160 valence electrons. The molecule has 0 spiro atoms. The van der Waals surface area contributed by atoms with Crippen LogP contribution in [0.3, 0.4) is 0 Å². The zero-order chi connectivity index (χ0) is 22.4. The summed E-state index contributed by atoms with van der Waals surface area (Å²) in [7, 11) is 0. The van der Waals surface area contributed by atoms with Crippen LogP contribution < -0.4 is 10.9 Å². The number of anilines is 1. The molecule has 0 radical (unpaired) electrons. The van der Waals surface area contributed by atoms with Crippen LogP contribution in [0.5, 0.6) is 0 Å². The first-order valence-corrected chi connectivity index (χ1v) is 9.83. The van der Waals surface area contributed by atoms with Crippen LogP contribution in [0.15, 0.2) is 53.8 Å². The highest BCUT2D eigenvalue weighted by atomic mass is 19.1. The second-order valence-corrected chi connectivity index (χ2v) is 7.32. The zero-order valence-electron chi connectivity index (χ0n) is 17.1. The van der Waals surface area contributed by atoms with Crippen LogP contribution in [0, 0.1) is 18.6 Å². The molecule has 0 fully saturated rings. The van der Waals surface area contributed by atoms with Gasteiger partial charge in [0.1, 0.15) is 29.3 Å². The Morgan fingerprint density at radius 3 is 2.69 bits per heavy atom. The average Bonchev–Trinajstić information content (AvgIpc) is 3.27. The molecule has 0 amide bonds. The van der Waals surface area contributed by atoms with Crippen molar-refractivity contribution in [3.63, 3.8) is 0 Å². The molecular formula is C22H17F2N7O. The van der Waals surface area contributed by atoms with Gasteiger partial charge in [-0.15, -0.1) is 0 Å². The Balaban J connectivity index is 1.75. The summed E-state index contributed by atoms with van der Waals surface area (Å²) in [6.45, 7) is 3.27. The van der Waals surface area contributed by atoms with Crippen LogP contribution in [0.2, 0.25) is 0 Å². The number of aromatic amines is 1. The van der Waals surface area contributed by atoms with Gasteiger partial charge in [-0.1, -0.05) is 12.1 Å². The van der Waals surface area contributed by atoms with Crippen molar-refractivity contribution in [1.82, 2.24) is 29.5 Å². The summed E-state index contributed by atoms with van der Waals surface area (Å²) >= 11 is 0. The Bertz CT molecular complexity index is 1540. The molecule has 0 unspecified atom stereocenters. The van der Waals surface area contributed by atoms with Crippen LogP contribution in [0.1, 0.15) is 24.4 Å². The predicted octanol–water partition coefficient (Wildman–Crippen LogP) is 3.81. The quantitative estimate of drug-likeness (QED) is 0.447. The third-order valence-corrected chi connectivity index (χ3v) is 5.31. The lowest BCUT2D eigenvalue weighted by molar-refractivity contribution is 0.606. The van der Waals surface area contributed by atoms with Gasteiger partial charge in [0.05, 0.1) is 29.0 Å². The van der Waals surface area contributed by atoms with Crippen molar-refractivity contribution < 1.29 is 8.78 Å². The maximum atomic E-state index is 14.8. The van der Waals surface area contributed by atoms with Gasteiger partial charge in [-0.2, -0.15) is 0 Å². The van der Waals surface area contributed by atoms with Crippen LogP contribution in [-0.2, 0) is 0 Å². The number of hydrogen-bond donors (Lipinski definition) is 2. The van der Waals surface area contributed by atoms with Gasteiger partial charge in [0.2, 0.25) is 0 Å². The molecule has 0 aliphatic carbocycles. The Kier molecular flexibility index (Phi) is 4.62. The zero-order valence-corrected chi connectivity index (χ0v) is 17.1. The van der Waals surface area contributed by atoms with Gasteiger partial charge >= 0.3 is 0 Å². The topological polar surface area (TPSA) is 101 Å². The van der Waals surface area contributed by atoms with E-state index in [1.807, 2.05) is 0 Å². The minimum Gasteiger partial charge on any atom is -0.358 e. The Hall–Kier alpha value is -4.21. The number of benzene rings is 2. The highest BCUT2D eigenvalue weighted by Crippen LogP contribution is 2.25. The summed E-state index contributed by atoms with van der Waals surface area (Å²) in [4.78, 5) is 33.5. The van der Waals surface area contributed by atoms with Crippen LogP contribution in [0.25, 0.3) is 27.8 Å². The van der Waals surface area contributed by atoms with E-state index < -0.39 is 23.2 Å². The van der Waals surface area contributed by atoms with E-state index in [9.17, 15) is 13.6 Å². The van der Waals surface area contributed by atoms with Crippen molar-refractivity contribution in [1.29, 1.82) is 0 Å². The minimum atomic E-state index is -0.601. The van der Waals surface area contributed by atoms with Crippen molar-refractivity contribution in [2.45, 2.75) is 19.9 Å². The van der Waals surface area contributed by atoms with Gasteiger partial charge in [-0.25, -0.2) is 28.7 Å². The molecule has 0 aliphatic heterocycles. The van der Waals surface area contributed by atoms with Gasteiger partial charge in [0.15, 0.2) is 11.5 Å². The van der Waals surface area contributed by atoms with E-state index in [2.05, 4.69) is 30.2 Å². The average molecular weight is 433 g/mol. The molecule has 10 heteroatoms. The third kappa shape index (κ3) is 3.08. The molecular weight excluding hydrogens is 416 g/mol. The molecule has 0 saturated heterocycles. The molecule has 0 bridgehead atoms. The molecule has 2 N–H and O–H groups in total. The molecule has 3 aromatic heterocycles. The first-order chi connectivity index (χ1) is 15.5. The smallest absolute Gasteiger partial charge is 0.266 e. The van der Waals surface area contributed by atoms with Crippen molar-refractivity contribution in [2.75, 3.05) is 5.32 Å². The number of aryl methyl sites for hydroxylation is 1. The lowest BCUT2D eigenvalue weighted by Crippen LogP contribution is -2.28. The Morgan fingerprint density at radius 1 is 1.06 bits per heavy atom. The monoisotopic (exact) mass is 433 g/mol. The van der Waals surface area contributed by atoms with Crippen molar-refractivity contribution in [3.05, 3.63) is 82.4 Å². The van der Waals surface area contributed by atoms with Gasteiger partial charge in [0.25, 0.3) is 5.56 Å². The van der Waals surface area contributed by atoms with Crippen molar-refractivity contribution >= 4 is 27.9 Å². The second-order valence-electron chi connectivity index (χ2n) is 7.32. The first-order valence-electron chi connectivity index (χ1n) is 9.83. The van der Waals surface area contributed by atoms with Crippen LogP contribution >= 0.6 is 0 Å². The van der Waals surface area contributed by atoms with Crippen molar-refractivity contribution in [3.8, 4) is 5.69 Å². The first kappa shape index (κ1) is 19.7. The number of aromatic nitrogens is 6. The van der Waals surface area contributed by atoms with E-state index in [1.165, 1.54) is 54.5 Å². The molecule has 32 heavy (non-hydrogen) atoms. The molecule has 2 aromatic carbocycles. The van der Waals surface area contributed by atoms with E-state index in [1.54, 1.807) is 13.0 Å². The van der Waals surface area contributed by atoms with Gasteiger partial charge in [0, 0.05) is 0 Å². The molecule has 5 aromatic rings. The summed E-state index contributed by atoms with van der Waals surface area (Å²) in [6.07, 6.45) is 2.86. The maximum absolute atomic E-state index is 14.8. The number of para-hydroxylation sites is 1. The van der Waals surface area contributed by atoms with Crippen LogP contribution in [0.4, 0.5) is 14.6 Å². The van der Waals surface area contributed by atoms with E-state index in [0.717, 1.165) is 0 Å². The summed E-state index contributed by atoms with van der Waals surface area (Å²) in [5.74, 6) is -0.441. The van der Waals surface area contributed by atoms with E-state index in [4.69, 9.17) is 0 Å². The molecule has 1 atom stereocenters. The fraction of sp³-hybridized carbons (Fsp3) is 0.136. The number of imidazole rings is 1. The fourth-order valence-corrected chi connectivity index (χ4v) is 3.72. The minimum absolute atomic E-state index is 0.0218. The highest BCUT2D eigenvalue weighted by molar-refractivity contribution is 5.83. The molecule has 8 nitrogen and oxygen atoms in total. The standard InChI is InChI=1S/C22H17F2N7O/c1-11-13(23)7-8-15-17(11)22(32)31(16-6-4-3-5-14(16)24)21(30-15)12(2)29-20-18-19(26-9-25-18)27-10-28-20/h3-10,12H,1-2H3,(H2,25,26,27,28,29)/t12-/m0/s1. The fourth-order valence-electron chi connectivity index (χ4n) is 3.72. The van der Waals surface area contributed by atoms with Crippen molar-refractivity contribution in [2.24, 2.45) is 0 Å². The second kappa shape index (κ2) is 7.49. The summed E-state index contributed by atoms with van der Waals surface area (Å²) in [5, 5.41) is 3.29. The Morgan fingerprint density at radius 2 is 1.88 bits per heavy atom. The lowest BCUT2D eigenvalue weighted by atomic mass is 10.1. The van der Waals surface area contributed by atoms with E-state index >= 15 is 0 Å². The van der Waals surface area contributed by atoms with Crippen LogP contribution in [-0.4, -0.2) is 29.5 Å². The third-order valence-electron chi connectivity index (χ3n) is 5.31. The van der Waals surface area contributed by atoms with E-state index in [-0.39, 0.29) is 22.5 Å². The van der Waals surface area contributed by atoms with Gasteiger partial charge in [-0.3, -0.25) is 9.36 Å². The predicted molar refractivity (Wildman–Crippen MR) is 116 cm³/mol. The summed E-state index contributed by atoms with van der Waals surface area (Å²) < 4.78 is 30.2. The molecule has 0 saturated carbocycles. The number of nitrogens with zero attached hydrogens (tertiary/aromatic N) is 5. The van der Waals surface area contributed by atoms with Gasteiger partial charge in [-0.05, 0) is 43.7 Å². The number of rotatable bonds is 4. The number of hydrogen-bond acceptors (Lipinski definition) is 6. The molecule has 5 rings (SSSR count). The summed E-state index contributed by atoms with van der Waals surface area (Å²) in [6, 6.07) is 8.00. The lowest BCUT2D eigenvalue weighted by Gasteiger charge is -2.21. The number of fused-ring (bicyclic) bond motifs is 2. The molecule has 3 heterocycles. The Labute approximate surface area is 180 Å². The number of halogens is 2. The SMILES string of the molecule is Cc1c(F)ccc2nc([C@H](C)Nc3ncnc4nc[nH]c34)n(-c3ccccc3F)c(=O)c12. The largest absolute Gasteiger partial charge is 0.358 e.